The second-order valence-corrected chi connectivity index (χ2v) is 8.09. The Morgan fingerprint density at radius 2 is 1.86 bits per heavy atom. The van der Waals surface area contributed by atoms with Crippen molar-refractivity contribution in [1.82, 2.24) is 4.72 Å². The van der Waals surface area contributed by atoms with E-state index in [2.05, 4.69) is 4.72 Å². The third kappa shape index (κ3) is 4.56. The Morgan fingerprint density at radius 3 is 2.45 bits per heavy atom. The van der Waals surface area contributed by atoms with Gasteiger partial charge in [0.15, 0.2) is 0 Å². The predicted octanol–water partition coefficient (Wildman–Crippen LogP) is 3.23. The fourth-order valence-electron chi connectivity index (χ4n) is 2.06. The third-order valence-corrected chi connectivity index (χ3v) is 6.53. The molecule has 1 aromatic heterocycles. The van der Waals surface area contributed by atoms with Crippen LogP contribution in [-0.2, 0) is 22.9 Å². The molecule has 22 heavy (non-hydrogen) atoms. The van der Waals surface area contributed by atoms with E-state index in [1.165, 1.54) is 16.9 Å². The van der Waals surface area contributed by atoms with Crippen molar-refractivity contribution >= 4 is 21.4 Å². The number of aryl methyl sites for hydroxylation is 2. The number of nitrogens with one attached hydrogen (secondary N) is 1. The molecule has 0 aliphatic carbocycles. The molecule has 0 aliphatic rings. The van der Waals surface area contributed by atoms with Gasteiger partial charge >= 0.3 is 0 Å². The molecule has 0 saturated heterocycles. The van der Waals surface area contributed by atoms with E-state index in [0.717, 1.165) is 29.9 Å². The Balaban J connectivity index is 1.82. The Kier molecular flexibility index (Phi) is 5.99. The van der Waals surface area contributed by atoms with Crippen molar-refractivity contribution in [3.63, 3.8) is 0 Å². The van der Waals surface area contributed by atoms with E-state index >= 15 is 0 Å². The van der Waals surface area contributed by atoms with Crippen LogP contribution in [0.1, 0.15) is 23.8 Å². The van der Waals surface area contributed by atoms with Gasteiger partial charge in [0.05, 0.1) is 7.11 Å². The monoisotopic (exact) mass is 339 g/mol. The first-order valence-corrected chi connectivity index (χ1v) is 9.56. The second kappa shape index (κ2) is 7.76. The van der Waals surface area contributed by atoms with Gasteiger partial charge < -0.3 is 4.74 Å². The van der Waals surface area contributed by atoms with Crippen LogP contribution >= 0.6 is 11.3 Å². The molecule has 2 rings (SSSR count). The van der Waals surface area contributed by atoms with E-state index in [9.17, 15) is 8.42 Å². The summed E-state index contributed by atoms with van der Waals surface area (Å²) in [6, 6.07) is 11.4. The number of thiophene rings is 1. The van der Waals surface area contributed by atoms with E-state index < -0.39 is 10.0 Å². The molecule has 0 aliphatic heterocycles. The second-order valence-electron chi connectivity index (χ2n) is 4.92. The standard InChI is InChI=1S/C16H21NO3S2/c1-3-15-10-11-16(21-15)22(18,19)17-12-4-5-13-6-8-14(20-2)9-7-13/h6-11,17H,3-5,12H2,1-2H3. The summed E-state index contributed by atoms with van der Waals surface area (Å²) >= 11 is 1.33. The number of methoxy groups -OCH3 is 1. The van der Waals surface area contributed by atoms with E-state index in [-0.39, 0.29) is 0 Å². The lowest BCUT2D eigenvalue weighted by Gasteiger charge is -2.06. The zero-order chi connectivity index (χ0) is 16.0. The molecule has 4 nitrogen and oxygen atoms in total. The minimum atomic E-state index is -3.37. The predicted molar refractivity (Wildman–Crippen MR) is 90.2 cm³/mol. The van der Waals surface area contributed by atoms with Gasteiger partial charge in [0.25, 0.3) is 0 Å². The number of ether oxygens (including phenoxy) is 1. The number of sulfonamides is 1. The van der Waals surface area contributed by atoms with Gasteiger partial charge in [-0.3, -0.25) is 0 Å². The fraction of sp³-hybridized carbons (Fsp3) is 0.375. The third-order valence-electron chi connectivity index (χ3n) is 3.34. The molecule has 120 valence electrons. The maximum Gasteiger partial charge on any atom is 0.250 e. The van der Waals surface area contributed by atoms with E-state index in [1.807, 2.05) is 37.3 Å². The van der Waals surface area contributed by atoms with Crippen LogP contribution in [0.25, 0.3) is 0 Å². The zero-order valence-electron chi connectivity index (χ0n) is 12.8. The zero-order valence-corrected chi connectivity index (χ0v) is 14.5. The van der Waals surface area contributed by atoms with Gasteiger partial charge in [-0.2, -0.15) is 0 Å². The van der Waals surface area contributed by atoms with Gasteiger partial charge in [0.2, 0.25) is 10.0 Å². The molecule has 1 heterocycles. The topological polar surface area (TPSA) is 55.4 Å². The molecule has 0 atom stereocenters. The number of hydrogen-bond acceptors (Lipinski definition) is 4. The highest BCUT2D eigenvalue weighted by molar-refractivity contribution is 7.91. The average Bonchev–Trinajstić information content (AvgIpc) is 3.02. The number of benzene rings is 1. The molecule has 0 radical (unpaired) electrons. The summed E-state index contributed by atoms with van der Waals surface area (Å²) in [5.41, 5.74) is 1.17. The van der Waals surface area contributed by atoms with Crippen molar-refractivity contribution < 1.29 is 13.2 Å². The van der Waals surface area contributed by atoms with Crippen LogP contribution in [0, 0.1) is 0 Å². The smallest absolute Gasteiger partial charge is 0.250 e. The molecule has 6 heteroatoms. The highest BCUT2D eigenvalue weighted by Gasteiger charge is 2.15. The first-order chi connectivity index (χ1) is 10.5. The normalized spacial score (nSPS) is 11.5. The molecule has 1 aromatic carbocycles. The van der Waals surface area contributed by atoms with Crippen LogP contribution in [0.4, 0.5) is 0 Å². The van der Waals surface area contributed by atoms with Crippen molar-refractivity contribution in [1.29, 1.82) is 0 Å². The van der Waals surface area contributed by atoms with Crippen LogP contribution in [0.3, 0.4) is 0 Å². The van der Waals surface area contributed by atoms with Crippen LogP contribution in [0.2, 0.25) is 0 Å². The Morgan fingerprint density at radius 1 is 1.14 bits per heavy atom. The van der Waals surface area contributed by atoms with E-state index in [0.29, 0.717) is 10.8 Å². The summed E-state index contributed by atoms with van der Waals surface area (Å²) < 4.78 is 32.4. The molecule has 2 aromatic rings. The van der Waals surface area contributed by atoms with Gasteiger partial charge in [-0.05, 0) is 49.1 Å². The summed E-state index contributed by atoms with van der Waals surface area (Å²) in [5, 5.41) is 0. The summed E-state index contributed by atoms with van der Waals surface area (Å²) in [4.78, 5) is 1.08. The Labute approximate surface area is 136 Å². The van der Waals surface area contributed by atoms with Gasteiger partial charge in [-0.25, -0.2) is 13.1 Å². The molecule has 1 N–H and O–H groups in total. The lowest BCUT2D eigenvalue weighted by atomic mass is 10.1. The van der Waals surface area contributed by atoms with Crippen LogP contribution in [0.15, 0.2) is 40.6 Å². The highest BCUT2D eigenvalue weighted by Crippen LogP contribution is 2.21. The van der Waals surface area contributed by atoms with Crippen LogP contribution < -0.4 is 9.46 Å². The maximum absolute atomic E-state index is 12.1. The lowest BCUT2D eigenvalue weighted by molar-refractivity contribution is 0.414. The molecule has 0 bridgehead atoms. The van der Waals surface area contributed by atoms with Crippen LogP contribution in [0.5, 0.6) is 5.75 Å². The molecule has 0 unspecified atom stereocenters. The average molecular weight is 339 g/mol. The minimum Gasteiger partial charge on any atom is -0.497 e. The van der Waals surface area contributed by atoms with Gasteiger partial charge in [0.1, 0.15) is 9.96 Å². The summed E-state index contributed by atoms with van der Waals surface area (Å²) in [7, 11) is -1.73. The molecule has 0 amide bonds. The van der Waals surface area contributed by atoms with Crippen molar-refractivity contribution in [3.8, 4) is 5.75 Å². The van der Waals surface area contributed by atoms with Crippen molar-refractivity contribution in [2.24, 2.45) is 0 Å². The number of hydrogen-bond donors (Lipinski definition) is 1. The SMILES string of the molecule is CCc1ccc(S(=O)(=O)NCCCc2ccc(OC)cc2)s1. The molecular formula is C16H21NO3S2. The summed E-state index contributed by atoms with van der Waals surface area (Å²) in [5.74, 6) is 0.828. The number of rotatable bonds is 8. The fourth-order valence-corrected chi connectivity index (χ4v) is 4.47. The van der Waals surface area contributed by atoms with Gasteiger partial charge in [-0.1, -0.05) is 19.1 Å². The molecule has 0 spiro atoms. The van der Waals surface area contributed by atoms with Crippen molar-refractivity contribution in [2.45, 2.75) is 30.4 Å². The molecular weight excluding hydrogens is 318 g/mol. The van der Waals surface area contributed by atoms with Gasteiger partial charge in [-0.15, -0.1) is 11.3 Å². The van der Waals surface area contributed by atoms with Crippen molar-refractivity contribution in [2.75, 3.05) is 13.7 Å². The maximum atomic E-state index is 12.1. The Bertz CT molecular complexity index is 690. The first kappa shape index (κ1) is 17.0. The van der Waals surface area contributed by atoms with E-state index in [1.54, 1.807) is 13.2 Å². The van der Waals surface area contributed by atoms with E-state index in [4.69, 9.17) is 4.74 Å². The highest BCUT2D eigenvalue weighted by atomic mass is 32.2. The first-order valence-electron chi connectivity index (χ1n) is 7.26. The Hall–Kier alpha value is -1.37. The quantitative estimate of drug-likeness (QED) is 0.751. The van der Waals surface area contributed by atoms with Gasteiger partial charge in [0, 0.05) is 11.4 Å². The minimum absolute atomic E-state index is 0.397. The lowest BCUT2D eigenvalue weighted by Crippen LogP contribution is -2.24. The van der Waals surface area contributed by atoms with Crippen LogP contribution in [-0.4, -0.2) is 22.1 Å². The molecule has 0 fully saturated rings. The largest absolute Gasteiger partial charge is 0.497 e. The van der Waals surface area contributed by atoms with Crippen molar-refractivity contribution in [3.05, 3.63) is 46.8 Å². The molecule has 0 saturated carbocycles. The summed E-state index contributed by atoms with van der Waals surface area (Å²) in [6.45, 7) is 2.46. The summed E-state index contributed by atoms with van der Waals surface area (Å²) in [6.07, 6.45) is 2.45.